The second-order valence-electron chi connectivity index (χ2n) is 5.61. The molecule has 2 heterocycles. The molecule has 1 unspecified atom stereocenters. The molecule has 0 fully saturated rings. The highest BCUT2D eigenvalue weighted by molar-refractivity contribution is 8.00. The number of aromatic nitrogens is 2. The Balaban J connectivity index is 1.64. The molecule has 0 saturated carbocycles. The van der Waals surface area contributed by atoms with E-state index in [0.29, 0.717) is 11.7 Å². The highest BCUT2D eigenvalue weighted by Gasteiger charge is 2.23. The zero-order chi connectivity index (χ0) is 17.4. The number of rotatable bonds is 3. The number of fused-ring (bicyclic) bond motifs is 1. The lowest BCUT2D eigenvalue weighted by molar-refractivity contribution is -0.115. The maximum Gasteiger partial charge on any atom is 0.258 e. The number of anilines is 1. The van der Waals surface area contributed by atoms with Crippen molar-refractivity contribution in [1.82, 2.24) is 10.1 Å². The summed E-state index contributed by atoms with van der Waals surface area (Å²) >= 11 is 1.54. The van der Waals surface area contributed by atoms with E-state index in [0.717, 1.165) is 27.5 Å². The van der Waals surface area contributed by atoms with E-state index in [4.69, 9.17) is 9.26 Å². The number of benzene rings is 2. The van der Waals surface area contributed by atoms with Gasteiger partial charge < -0.3 is 14.6 Å². The zero-order valence-corrected chi connectivity index (χ0v) is 14.5. The maximum atomic E-state index is 11.9. The Hall–Kier alpha value is -2.80. The fraction of sp³-hybridized carbons (Fsp3) is 0.167. The van der Waals surface area contributed by atoms with E-state index < -0.39 is 0 Å². The number of nitrogens with one attached hydrogen (secondary N) is 1. The second kappa shape index (κ2) is 6.25. The number of ether oxygens (including phenoxy) is 1. The van der Waals surface area contributed by atoms with Crippen LogP contribution in [0.25, 0.3) is 22.8 Å². The van der Waals surface area contributed by atoms with Gasteiger partial charge in [0.25, 0.3) is 5.89 Å². The lowest BCUT2D eigenvalue weighted by Crippen LogP contribution is -2.26. The third-order valence-electron chi connectivity index (χ3n) is 3.93. The summed E-state index contributed by atoms with van der Waals surface area (Å²) in [5, 5.41) is 6.85. The van der Waals surface area contributed by atoms with Gasteiger partial charge in [-0.3, -0.25) is 4.79 Å². The van der Waals surface area contributed by atoms with E-state index in [2.05, 4.69) is 15.5 Å². The Labute approximate surface area is 148 Å². The molecular formula is C18H15N3O3S. The Kier molecular flexibility index (Phi) is 3.93. The molecule has 0 radical (unpaired) electrons. The predicted molar refractivity (Wildman–Crippen MR) is 95.7 cm³/mol. The Morgan fingerprint density at radius 1 is 1.16 bits per heavy atom. The molecule has 4 rings (SSSR count). The summed E-state index contributed by atoms with van der Waals surface area (Å²) in [5.41, 5.74) is 2.38. The summed E-state index contributed by atoms with van der Waals surface area (Å²) in [6, 6.07) is 13.2. The van der Waals surface area contributed by atoms with Gasteiger partial charge in [0, 0.05) is 16.0 Å². The molecule has 1 amide bonds. The van der Waals surface area contributed by atoms with Gasteiger partial charge in [-0.05, 0) is 49.4 Å². The van der Waals surface area contributed by atoms with E-state index in [1.165, 1.54) is 11.8 Å². The molecule has 0 bridgehead atoms. The molecule has 0 spiro atoms. The SMILES string of the molecule is COc1ccc(-c2noc(-c3ccc4c(c3)NC(=O)C(C)S4)n2)cc1. The van der Waals surface area contributed by atoms with Crippen molar-refractivity contribution < 1.29 is 14.1 Å². The minimum absolute atomic E-state index is 0.000832. The van der Waals surface area contributed by atoms with E-state index in [1.807, 2.05) is 49.4 Å². The third-order valence-corrected chi connectivity index (χ3v) is 5.11. The normalized spacial score (nSPS) is 16.2. The summed E-state index contributed by atoms with van der Waals surface area (Å²) in [5.74, 6) is 1.68. The molecule has 0 aliphatic carbocycles. The zero-order valence-electron chi connectivity index (χ0n) is 13.6. The van der Waals surface area contributed by atoms with Crippen LogP contribution in [0.15, 0.2) is 51.9 Å². The topological polar surface area (TPSA) is 77.3 Å². The minimum Gasteiger partial charge on any atom is -0.497 e. The highest BCUT2D eigenvalue weighted by atomic mass is 32.2. The first-order valence-electron chi connectivity index (χ1n) is 7.74. The van der Waals surface area contributed by atoms with E-state index in [9.17, 15) is 4.79 Å². The van der Waals surface area contributed by atoms with Crippen LogP contribution in [0.2, 0.25) is 0 Å². The van der Waals surface area contributed by atoms with Gasteiger partial charge in [0.1, 0.15) is 5.75 Å². The summed E-state index contributed by atoms with van der Waals surface area (Å²) in [7, 11) is 1.62. The average molecular weight is 353 g/mol. The van der Waals surface area contributed by atoms with Crippen molar-refractivity contribution in [3.8, 4) is 28.6 Å². The predicted octanol–water partition coefficient (Wildman–Crippen LogP) is 3.84. The lowest BCUT2D eigenvalue weighted by Gasteiger charge is -2.21. The Morgan fingerprint density at radius 2 is 1.92 bits per heavy atom. The van der Waals surface area contributed by atoms with Crippen LogP contribution in [-0.4, -0.2) is 28.4 Å². The smallest absolute Gasteiger partial charge is 0.258 e. The minimum atomic E-state index is -0.0940. The first-order chi connectivity index (χ1) is 12.1. The van der Waals surface area contributed by atoms with Crippen molar-refractivity contribution in [2.75, 3.05) is 12.4 Å². The van der Waals surface area contributed by atoms with E-state index >= 15 is 0 Å². The molecule has 2 aromatic carbocycles. The van der Waals surface area contributed by atoms with Crippen molar-refractivity contribution >= 4 is 23.4 Å². The average Bonchev–Trinajstić information content (AvgIpc) is 3.12. The van der Waals surface area contributed by atoms with Gasteiger partial charge in [-0.25, -0.2) is 0 Å². The maximum absolute atomic E-state index is 11.9. The number of thioether (sulfide) groups is 1. The molecule has 1 aliphatic heterocycles. The monoisotopic (exact) mass is 353 g/mol. The second-order valence-corrected chi connectivity index (χ2v) is 6.99. The molecule has 126 valence electrons. The molecule has 3 aromatic rings. The van der Waals surface area contributed by atoms with Gasteiger partial charge in [0.15, 0.2) is 0 Å². The summed E-state index contributed by atoms with van der Waals surface area (Å²) < 4.78 is 10.5. The van der Waals surface area contributed by atoms with Crippen molar-refractivity contribution in [2.45, 2.75) is 17.1 Å². The highest BCUT2D eigenvalue weighted by Crippen LogP contribution is 2.37. The van der Waals surface area contributed by atoms with Crippen LogP contribution >= 0.6 is 11.8 Å². The molecule has 1 atom stereocenters. The molecule has 0 saturated heterocycles. The quantitative estimate of drug-likeness (QED) is 0.771. The number of nitrogens with zero attached hydrogens (tertiary/aromatic N) is 2. The molecule has 1 aliphatic rings. The lowest BCUT2D eigenvalue weighted by atomic mass is 10.2. The van der Waals surface area contributed by atoms with Crippen LogP contribution in [0, 0.1) is 0 Å². The van der Waals surface area contributed by atoms with Crippen LogP contribution in [0.4, 0.5) is 5.69 Å². The van der Waals surface area contributed by atoms with Crippen LogP contribution in [0.1, 0.15) is 6.92 Å². The molecule has 25 heavy (non-hydrogen) atoms. The molecule has 1 aromatic heterocycles. The summed E-state index contributed by atoms with van der Waals surface area (Å²) in [6.45, 7) is 1.88. The fourth-order valence-electron chi connectivity index (χ4n) is 2.54. The van der Waals surface area contributed by atoms with Gasteiger partial charge in [0.2, 0.25) is 11.7 Å². The van der Waals surface area contributed by atoms with Crippen molar-refractivity contribution in [2.24, 2.45) is 0 Å². The number of amides is 1. The van der Waals surface area contributed by atoms with Gasteiger partial charge in [0.05, 0.1) is 18.0 Å². The fourth-order valence-corrected chi connectivity index (χ4v) is 3.47. The largest absolute Gasteiger partial charge is 0.497 e. The van der Waals surface area contributed by atoms with E-state index in [1.54, 1.807) is 7.11 Å². The van der Waals surface area contributed by atoms with Crippen LogP contribution in [0.3, 0.4) is 0 Å². The number of hydrogen-bond acceptors (Lipinski definition) is 6. The Bertz CT molecular complexity index is 937. The molecular weight excluding hydrogens is 338 g/mol. The van der Waals surface area contributed by atoms with Crippen LogP contribution in [0.5, 0.6) is 5.75 Å². The Morgan fingerprint density at radius 3 is 2.68 bits per heavy atom. The van der Waals surface area contributed by atoms with Gasteiger partial charge in [-0.15, -0.1) is 11.8 Å². The number of carbonyl (C=O) groups is 1. The first-order valence-corrected chi connectivity index (χ1v) is 8.62. The van der Waals surface area contributed by atoms with Crippen LogP contribution < -0.4 is 10.1 Å². The number of methoxy groups -OCH3 is 1. The van der Waals surface area contributed by atoms with Crippen molar-refractivity contribution in [3.05, 3.63) is 42.5 Å². The van der Waals surface area contributed by atoms with Gasteiger partial charge >= 0.3 is 0 Å². The van der Waals surface area contributed by atoms with Crippen molar-refractivity contribution in [3.63, 3.8) is 0 Å². The first kappa shape index (κ1) is 15.7. The standard InChI is InChI=1S/C18H15N3O3S/c1-10-17(22)19-14-9-12(5-8-15(14)25-10)18-20-16(21-24-18)11-3-6-13(23-2)7-4-11/h3-10H,1-2H3,(H,19,22). The summed E-state index contributed by atoms with van der Waals surface area (Å²) in [4.78, 5) is 17.3. The number of carbonyl (C=O) groups excluding carboxylic acids is 1. The van der Waals surface area contributed by atoms with E-state index in [-0.39, 0.29) is 11.2 Å². The number of hydrogen-bond donors (Lipinski definition) is 1. The summed E-state index contributed by atoms with van der Waals surface area (Å²) in [6.07, 6.45) is 0. The molecule has 1 N–H and O–H groups in total. The van der Waals surface area contributed by atoms with Gasteiger partial charge in [-0.1, -0.05) is 5.16 Å². The van der Waals surface area contributed by atoms with Crippen molar-refractivity contribution in [1.29, 1.82) is 0 Å². The third kappa shape index (κ3) is 2.98. The van der Waals surface area contributed by atoms with Crippen LogP contribution in [-0.2, 0) is 4.79 Å². The molecule has 7 heteroatoms. The van der Waals surface area contributed by atoms with Gasteiger partial charge in [-0.2, -0.15) is 4.98 Å². The molecule has 6 nitrogen and oxygen atoms in total.